The van der Waals surface area contributed by atoms with Gasteiger partial charge in [-0.25, -0.2) is 4.79 Å². The van der Waals surface area contributed by atoms with Gasteiger partial charge in [0.2, 0.25) is 0 Å². The third-order valence-electron chi connectivity index (χ3n) is 2.79. The molecule has 4 N–H and O–H groups in total. The quantitative estimate of drug-likeness (QED) is 0.440. The Hall–Kier alpha value is -1.39. The van der Waals surface area contributed by atoms with Gasteiger partial charge in [0.05, 0.1) is 0 Å². The Bertz CT molecular complexity index is 363. The van der Waals surface area contributed by atoms with Gasteiger partial charge in [0.15, 0.2) is 5.66 Å². The zero-order valence-electron chi connectivity index (χ0n) is 10.9. The van der Waals surface area contributed by atoms with Crippen LogP contribution < -0.4 is 11.5 Å². The van der Waals surface area contributed by atoms with Crippen LogP contribution in [0.15, 0.2) is 30.3 Å². The first-order chi connectivity index (χ1) is 8.56. The van der Waals surface area contributed by atoms with Crippen LogP contribution in [-0.2, 0) is 16.1 Å². The standard InChI is InChI=1S/C14H22N2O2/c1-2-3-7-10-14(15,16)13(17)18-11-12-8-5-4-6-9-12/h4-6,8-9H,2-3,7,10-11,15-16H2,1H3. The average Bonchev–Trinajstić information content (AvgIpc) is 2.37. The molecule has 0 spiro atoms. The fraction of sp³-hybridized carbons (Fsp3) is 0.500. The second-order valence-corrected chi connectivity index (χ2v) is 4.56. The largest absolute Gasteiger partial charge is 0.458 e. The van der Waals surface area contributed by atoms with E-state index in [1.807, 2.05) is 30.3 Å². The van der Waals surface area contributed by atoms with Gasteiger partial charge in [-0.2, -0.15) is 0 Å². The van der Waals surface area contributed by atoms with Crippen molar-refractivity contribution < 1.29 is 9.53 Å². The Labute approximate surface area is 108 Å². The molecule has 0 heterocycles. The van der Waals surface area contributed by atoms with Crippen LogP contribution in [0, 0.1) is 0 Å². The molecule has 0 unspecified atom stereocenters. The number of carbonyl (C=O) groups is 1. The van der Waals surface area contributed by atoms with Gasteiger partial charge >= 0.3 is 5.97 Å². The zero-order chi connectivity index (χ0) is 13.4. The SMILES string of the molecule is CCCCCC(N)(N)C(=O)OCc1ccccc1. The van der Waals surface area contributed by atoms with Gasteiger partial charge < -0.3 is 16.2 Å². The summed E-state index contributed by atoms with van der Waals surface area (Å²) in [6.45, 7) is 2.30. The molecule has 18 heavy (non-hydrogen) atoms. The van der Waals surface area contributed by atoms with E-state index in [4.69, 9.17) is 16.2 Å². The zero-order valence-corrected chi connectivity index (χ0v) is 10.9. The first-order valence-corrected chi connectivity index (χ1v) is 6.35. The first kappa shape index (κ1) is 14.7. The summed E-state index contributed by atoms with van der Waals surface area (Å²) in [5.74, 6) is -0.539. The maximum Gasteiger partial charge on any atom is 0.341 e. The lowest BCUT2D eigenvalue weighted by Crippen LogP contribution is -2.57. The molecule has 4 heteroatoms. The molecule has 0 bridgehead atoms. The molecule has 0 radical (unpaired) electrons. The van der Waals surface area contributed by atoms with E-state index in [1.165, 1.54) is 0 Å². The van der Waals surface area contributed by atoms with Gasteiger partial charge in [-0.15, -0.1) is 0 Å². The highest BCUT2D eigenvalue weighted by Gasteiger charge is 2.30. The molecule has 1 aromatic rings. The molecule has 0 amide bonds. The van der Waals surface area contributed by atoms with Gasteiger partial charge in [0.1, 0.15) is 6.61 Å². The molecule has 0 saturated carbocycles. The first-order valence-electron chi connectivity index (χ1n) is 6.35. The molecule has 1 rings (SSSR count). The Morgan fingerprint density at radius 1 is 1.22 bits per heavy atom. The van der Waals surface area contributed by atoms with Crippen LogP contribution in [0.2, 0.25) is 0 Å². The second-order valence-electron chi connectivity index (χ2n) is 4.56. The van der Waals surface area contributed by atoms with Crippen LogP contribution >= 0.6 is 0 Å². The summed E-state index contributed by atoms with van der Waals surface area (Å²) in [5, 5.41) is 0. The van der Waals surface area contributed by atoms with Crippen LogP contribution in [0.4, 0.5) is 0 Å². The lowest BCUT2D eigenvalue weighted by molar-refractivity contribution is -0.151. The maximum atomic E-state index is 11.8. The minimum atomic E-state index is -1.37. The summed E-state index contributed by atoms with van der Waals surface area (Å²) in [6.07, 6.45) is 3.37. The molecular formula is C14H22N2O2. The molecule has 1 aromatic carbocycles. The van der Waals surface area contributed by atoms with Gasteiger partial charge in [-0.1, -0.05) is 50.1 Å². The number of carbonyl (C=O) groups excluding carboxylic acids is 1. The highest BCUT2D eigenvalue weighted by molar-refractivity contribution is 5.79. The summed E-state index contributed by atoms with van der Waals surface area (Å²) in [6, 6.07) is 9.47. The predicted octanol–water partition coefficient (Wildman–Crippen LogP) is 1.92. The van der Waals surface area contributed by atoms with Crippen LogP contribution in [-0.4, -0.2) is 11.6 Å². The summed E-state index contributed by atoms with van der Waals surface area (Å²) in [5.41, 5.74) is 11.1. The molecular weight excluding hydrogens is 228 g/mol. The number of rotatable bonds is 7. The van der Waals surface area contributed by atoms with E-state index in [1.54, 1.807) is 0 Å². The van der Waals surface area contributed by atoms with E-state index in [0.717, 1.165) is 24.8 Å². The van der Waals surface area contributed by atoms with Crippen LogP contribution in [0.25, 0.3) is 0 Å². The Morgan fingerprint density at radius 2 is 1.89 bits per heavy atom. The van der Waals surface area contributed by atoms with Crippen molar-refractivity contribution in [1.82, 2.24) is 0 Å². The monoisotopic (exact) mass is 250 g/mol. The third kappa shape index (κ3) is 4.85. The topological polar surface area (TPSA) is 78.3 Å². The summed E-state index contributed by atoms with van der Waals surface area (Å²) < 4.78 is 5.13. The molecule has 100 valence electrons. The highest BCUT2D eigenvalue weighted by Crippen LogP contribution is 2.10. The average molecular weight is 250 g/mol. The predicted molar refractivity (Wildman–Crippen MR) is 71.5 cm³/mol. The van der Waals surface area contributed by atoms with Crippen molar-refractivity contribution in [2.24, 2.45) is 11.5 Å². The number of benzene rings is 1. The lowest BCUT2D eigenvalue weighted by Gasteiger charge is -2.22. The molecule has 0 aliphatic carbocycles. The van der Waals surface area contributed by atoms with Gasteiger partial charge in [-0.3, -0.25) is 0 Å². The van der Waals surface area contributed by atoms with Gasteiger partial charge in [0, 0.05) is 0 Å². The smallest absolute Gasteiger partial charge is 0.341 e. The van der Waals surface area contributed by atoms with E-state index in [0.29, 0.717) is 6.42 Å². The summed E-state index contributed by atoms with van der Waals surface area (Å²) in [4.78, 5) is 11.8. The van der Waals surface area contributed by atoms with Crippen molar-refractivity contribution in [1.29, 1.82) is 0 Å². The van der Waals surface area contributed by atoms with Crippen molar-refractivity contribution in [3.8, 4) is 0 Å². The number of ether oxygens (including phenoxy) is 1. The van der Waals surface area contributed by atoms with E-state index in [-0.39, 0.29) is 6.61 Å². The van der Waals surface area contributed by atoms with Crippen LogP contribution in [0.1, 0.15) is 38.2 Å². The van der Waals surface area contributed by atoms with Crippen molar-refractivity contribution in [3.05, 3.63) is 35.9 Å². The van der Waals surface area contributed by atoms with Crippen LogP contribution in [0.5, 0.6) is 0 Å². The molecule has 0 saturated heterocycles. The minimum absolute atomic E-state index is 0.212. The van der Waals surface area contributed by atoms with Gasteiger partial charge in [-0.05, 0) is 18.4 Å². The number of hydrogen-bond acceptors (Lipinski definition) is 4. The summed E-state index contributed by atoms with van der Waals surface area (Å²) >= 11 is 0. The van der Waals surface area contributed by atoms with Crippen molar-refractivity contribution in [2.75, 3.05) is 0 Å². The van der Waals surface area contributed by atoms with Crippen molar-refractivity contribution >= 4 is 5.97 Å². The Balaban J connectivity index is 2.39. The number of unbranched alkanes of at least 4 members (excludes halogenated alkanes) is 2. The number of nitrogens with two attached hydrogens (primary N) is 2. The fourth-order valence-corrected chi connectivity index (χ4v) is 1.63. The Morgan fingerprint density at radius 3 is 2.50 bits per heavy atom. The normalized spacial score (nSPS) is 11.3. The second kappa shape index (κ2) is 7.13. The van der Waals surface area contributed by atoms with E-state index >= 15 is 0 Å². The maximum absolute atomic E-state index is 11.8. The van der Waals surface area contributed by atoms with Crippen molar-refractivity contribution in [3.63, 3.8) is 0 Å². The molecule has 4 nitrogen and oxygen atoms in total. The summed E-state index contributed by atoms with van der Waals surface area (Å²) in [7, 11) is 0. The Kier molecular flexibility index (Phi) is 5.82. The van der Waals surface area contributed by atoms with E-state index < -0.39 is 11.6 Å². The van der Waals surface area contributed by atoms with Crippen LogP contribution in [0.3, 0.4) is 0 Å². The van der Waals surface area contributed by atoms with Gasteiger partial charge in [0.25, 0.3) is 0 Å². The minimum Gasteiger partial charge on any atom is -0.458 e. The molecule has 0 atom stereocenters. The van der Waals surface area contributed by atoms with E-state index in [9.17, 15) is 4.79 Å². The number of esters is 1. The molecule has 0 aliphatic heterocycles. The van der Waals surface area contributed by atoms with Crippen molar-refractivity contribution in [2.45, 2.75) is 44.9 Å². The molecule has 0 aliphatic rings. The number of hydrogen-bond donors (Lipinski definition) is 2. The highest BCUT2D eigenvalue weighted by atomic mass is 16.5. The third-order valence-corrected chi connectivity index (χ3v) is 2.79. The lowest BCUT2D eigenvalue weighted by atomic mass is 10.0. The van der Waals surface area contributed by atoms with E-state index in [2.05, 4.69) is 6.92 Å². The molecule has 0 aromatic heterocycles. The fourth-order valence-electron chi connectivity index (χ4n) is 1.63. The molecule has 0 fully saturated rings.